The van der Waals surface area contributed by atoms with Gasteiger partial charge in [0.05, 0.1) is 24.2 Å². The first-order valence-corrected chi connectivity index (χ1v) is 13.1. The lowest BCUT2D eigenvalue weighted by atomic mass is 9.94. The molecule has 0 radical (unpaired) electrons. The van der Waals surface area contributed by atoms with Crippen LogP contribution in [0.1, 0.15) is 50.9 Å². The first kappa shape index (κ1) is 25.4. The number of nitrogens with zero attached hydrogens (tertiary/aromatic N) is 4. The summed E-state index contributed by atoms with van der Waals surface area (Å²) in [5, 5.41) is 14.3. The van der Waals surface area contributed by atoms with Gasteiger partial charge in [-0.15, -0.1) is 21.5 Å². The highest BCUT2D eigenvalue weighted by atomic mass is 32.1. The molecule has 9 heteroatoms. The topological polar surface area (TPSA) is 120 Å². The molecule has 1 amide bonds. The smallest absolute Gasteiger partial charge is 0.251 e. The second-order valence-electron chi connectivity index (χ2n) is 9.46. The van der Waals surface area contributed by atoms with E-state index in [0.717, 1.165) is 33.1 Å². The summed E-state index contributed by atoms with van der Waals surface area (Å²) in [6, 6.07) is 21.3. The third-order valence-corrected chi connectivity index (χ3v) is 6.97. The van der Waals surface area contributed by atoms with Gasteiger partial charge in [0.1, 0.15) is 5.01 Å². The molecule has 0 saturated carbocycles. The van der Waals surface area contributed by atoms with Crippen LogP contribution in [0.4, 0.5) is 0 Å². The molecule has 3 aromatic heterocycles. The maximum Gasteiger partial charge on any atom is 0.251 e. The van der Waals surface area contributed by atoms with Crippen molar-refractivity contribution in [1.82, 2.24) is 25.5 Å². The molecule has 3 N–H and O–H groups in total. The van der Waals surface area contributed by atoms with Crippen LogP contribution in [0.25, 0.3) is 11.3 Å². The van der Waals surface area contributed by atoms with E-state index in [2.05, 4.69) is 25.5 Å². The van der Waals surface area contributed by atoms with Gasteiger partial charge in [0, 0.05) is 28.4 Å². The molecule has 0 bridgehead atoms. The molecule has 0 spiro atoms. The largest absolute Gasteiger partial charge is 0.423 e. The number of pyridine rings is 1. The molecule has 3 heterocycles. The highest BCUT2D eigenvalue weighted by Crippen LogP contribution is 2.25. The number of amides is 1. The number of nitrogens with one attached hydrogen (secondary N) is 1. The van der Waals surface area contributed by atoms with Crippen molar-refractivity contribution in [3.05, 3.63) is 117 Å². The number of rotatable bonds is 9. The summed E-state index contributed by atoms with van der Waals surface area (Å²) in [5.41, 5.74) is 10.7. The minimum Gasteiger partial charge on any atom is -0.423 e. The summed E-state index contributed by atoms with van der Waals surface area (Å²) in [7, 11) is 0. The fraction of sp³-hybridized carbons (Fsp3) is 0.207. The van der Waals surface area contributed by atoms with E-state index >= 15 is 0 Å². The molecule has 38 heavy (non-hydrogen) atoms. The second kappa shape index (κ2) is 11.0. The molecule has 0 saturated heterocycles. The molecule has 192 valence electrons. The van der Waals surface area contributed by atoms with Crippen molar-refractivity contribution in [2.45, 2.75) is 38.8 Å². The second-order valence-corrected chi connectivity index (χ2v) is 10.4. The van der Waals surface area contributed by atoms with Crippen LogP contribution in [0, 0.1) is 6.92 Å². The Kier molecular flexibility index (Phi) is 7.39. The molecule has 0 aliphatic carbocycles. The molecular weight excluding hydrogens is 496 g/mol. The van der Waals surface area contributed by atoms with E-state index in [1.54, 1.807) is 6.20 Å². The molecule has 8 nitrogen and oxygen atoms in total. The number of thiazole rings is 1. The number of hydrogen-bond donors (Lipinski definition) is 2. The average Bonchev–Trinajstić information content (AvgIpc) is 3.57. The summed E-state index contributed by atoms with van der Waals surface area (Å²) in [5.74, 6) is 0.599. The molecule has 0 fully saturated rings. The van der Waals surface area contributed by atoms with Gasteiger partial charge in [-0.3, -0.25) is 9.78 Å². The van der Waals surface area contributed by atoms with E-state index in [1.807, 2.05) is 86.0 Å². The lowest BCUT2D eigenvalue weighted by Gasteiger charge is -2.20. The molecule has 5 rings (SSSR count). The maximum absolute atomic E-state index is 13.1. The number of nitrogens with two attached hydrogens (primary N) is 1. The van der Waals surface area contributed by atoms with E-state index in [4.69, 9.17) is 10.2 Å². The standard InChI is InChI=1S/C29H28N6O2S/c1-19-18-38-26(33-19)17-32-27(36)23-13-21(12-22(15-23)24-10-6-7-11-31-24)14-25-34-35-28(37-25)29(2,30)16-20-8-4-3-5-9-20/h3-13,15,18H,14,16-17,30H2,1-2H3,(H,32,36). The van der Waals surface area contributed by atoms with Crippen LogP contribution in [0.2, 0.25) is 0 Å². The Balaban J connectivity index is 1.38. The molecule has 5 aromatic rings. The van der Waals surface area contributed by atoms with Crippen LogP contribution in [-0.2, 0) is 24.9 Å². The van der Waals surface area contributed by atoms with Crippen molar-refractivity contribution in [1.29, 1.82) is 0 Å². The predicted molar refractivity (Wildman–Crippen MR) is 146 cm³/mol. The van der Waals surface area contributed by atoms with Gasteiger partial charge in [0.15, 0.2) is 0 Å². The Labute approximate surface area is 225 Å². The fourth-order valence-electron chi connectivity index (χ4n) is 4.17. The zero-order chi connectivity index (χ0) is 26.5. The minimum absolute atomic E-state index is 0.194. The normalized spacial score (nSPS) is 12.7. The maximum atomic E-state index is 13.1. The first-order chi connectivity index (χ1) is 18.4. The predicted octanol–water partition coefficient (Wildman–Crippen LogP) is 4.83. The summed E-state index contributed by atoms with van der Waals surface area (Å²) >= 11 is 1.52. The van der Waals surface area contributed by atoms with E-state index < -0.39 is 5.54 Å². The van der Waals surface area contributed by atoms with Crippen molar-refractivity contribution in [3.63, 3.8) is 0 Å². The monoisotopic (exact) mass is 524 g/mol. The summed E-state index contributed by atoms with van der Waals surface area (Å²) in [6.07, 6.45) is 2.64. The highest BCUT2D eigenvalue weighted by Gasteiger charge is 2.28. The molecule has 1 atom stereocenters. The Bertz CT molecular complexity index is 1530. The summed E-state index contributed by atoms with van der Waals surface area (Å²) < 4.78 is 6.01. The van der Waals surface area contributed by atoms with Gasteiger partial charge in [0.2, 0.25) is 11.8 Å². The number of carbonyl (C=O) groups excluding carboxylic acids is 1. The van der Waals surface area contributed by atoms with Crippen LogP contribution in [0.5, 0.6) is 0 Å². The van der Waals surface area contributed by atoms with Crippen molar-refractivity contribution in [2.75, 3.05) is 0 Å². The molecule has 0 aliphatic rings. The minimum atomic E-state index is -0.818. The van der Waals surface area contributed by atoms with Crippen LogP contribution in [-0.4, -0.2) is 26.1 Å². The van der Waals surface area contributed by atoms with Crippen molar-refractivity contribution in [2.24, 2.45) is 5.73 Å². The van der Waals surface area contributed by atoms with Gasteiger partial charge in [-0.25, -0.2) is 4.98 Å². The molecular formula is C29H28N6O2S. The number of aromatic nitrogens is 4. The molecule has 1 unspecified atom stereocenters. The van der Waals surface area contributed by atoms with Gasteiger partial charge >= 0.3 is 0 Å². The van der Waals surface area contributed by atoms with Crippen molar-refractivity contribution >= 4 is 17.2 Å². The summed E-state index contributed by atoms with van der Waals surface area (Å²) in [6.45, 7) is 4.18. The van der Waals surface area contributed by atoms with E-state index in [9.17, 15) is 4.79 Å². The van der Waals surface area contributed by atoms with Crippen LogP contribution >= 0.6 is 11.3 Å². The quantitative estimate of drug-likeness (QED) is 0.283. The number of hydrogen-bond acceptors (Lipinski definition) is 8. The Hall–Kier alpha value is -4.21. The number of aryl methyl sites for hydroxylation is 1. The van der Waals surface area contributed by atoms with E-state index in [0.29, 0.717) is 36.7 Å². The van der Waals surface area contributed by atoms with Crippen LogP contribution in [0.3, 0.4) is 0 Å². The Morgan fingerprint density at radius 3 is 2.61 bits per heavy atom. The third-order valence-electron chi connectivity index (χ3n) is 6.01. The lowest BCUT2D eigenvalue weighted by molar-refractivity contribution is 0.0950. The third kappa shape index (κ3) is 6.19. The van der Waals surface area contributed by atoms with Crippen LogP contribution < -0.4 is 11.1 Å². The van der Waals surface area contributed by atoms with Crippen molar-refractivity contribution in [3.8, 4) is 11.3 Å². The first-order valence-electron chi connectivity index (χ1n) is 12.3. The van der Waals surface area contributed by atoms with Gasteiger partial charge in [-0.2, -0.15) is 0 Å². The highest BCUT2D eigenvalue weighted by molar-refractivity contribution is 7.09. The average molecular weight is 525 g/mol. The van der Waals surface area contributed by atoms with Gasteiger partial charge < -0.3 is 15.5 Å². The number of carbonyl (C=O) groups is 1. The zero-order valence-electron chi connectivity index (χ0n) is 21.2. The summed E-state index contributed by atoms with van der Waals surface area (Å²) in [4.78, 5) is 22.0. The van der Waals surface area contributed by atoms with Crippen LogP contribution in [0.15, 0.2) is 82.7 Å². The van der Waals surface area contributed by atoms with E-state index in [-0.39, 0.29) is 5.91 Å². The zero-order valence-corrected chi connectivity index (χ0v) is 22.0. The van der Waals surface area contributed by atoms with Gasteiger partial charge in [-0.05, 0) is 61.7 Å². The Morgan fingerprint density at radius 2 is 1.87 bits per heavy atom. The van der Waals surface area contributed by atoms with Gasteiger partial charge in [-0.1, -0.05) is 36.4 Å². The molecule has 0 aliphatic heterocycles. The van der Waals surface area contributed by atoms with Gasteiger partial charge in [0.25, 0.3) is 5.91 Å². The Morgan fingerprint density at radius 1 is 1.05 bits per heavy atom. The SMILES string of the molecule is Cc1csc(CNC(=O)c2cc(Cc3nnc(C(C)(N)Cc4ccccc4)o3)cc(-c3ccccn3)c2)n1. The number of benzene rings is 2. The fourth-order valence-corrected chi connectivity index (χ4v) is 4.89. The van der Waals surface area contributed by atoms with E-state index in [1.165, 1.54) is 11.3 Å². The molecule has 2 aromatic carbocycles. The van der Waals surface area contributed by atoms with Crippen molar-refractivity contribution < 1.29 is 9.21 Å². The lowest BCUT2D eigenvalue weighted by Crippen LogP contribution is -2.35.